The molecule has 0 amide bonds. The van der Waals surface area contributed by atoms with Crippen LogP contribution in [0.25, 0.3) is 10.9 Å². The van der Waals surface area contributed by atoms with E-state index in [1.54, 1.807) is 6.26 Å². The molecule has 4 nitrogen and oxygen atoms in total. The van der Waals surface area contributed by atoms with Crippen molar-refractivity contribution in [1.29, 1.82) is 0 Å². The summed E-state index contributed by atoms with van der Waals surface area (Å²) in [6, 6.07) is 3.84. The van der Waals surface area contributed by atoms with E-state index in [4.69, 9.17) is 4.52 Å². The molecule has 0 atom stereocenters. The number of nitrogens with zero attached hydrogens (tertiary/aromatic N) is 2. The first kappa shape index (κ1) is 6.65. The molecule has 2 aromatic rings. The van der Waals surface area contributed by atoms with Crippen molar-refractivity contribution in [2.75, 3.05) is 11.9 Å². The lowest BCUT2D eigenvalue weighted by molar-refractivity contribution is 0.428. The molecular formula is C9H7N3O. The number of anilines is 1. The van der Waals surface area contributed by atoms with Crippen molar-refractivity contribution in [3.05, 3.63) is 18.4 Å². The molecule has 0 bridgehead atoms. The van der Waals surface area contributed by atoms with E-state index in [0.29, 0.717) is 0 Å². The maximum atomic E-state index is 4.89. The zero-order valence-corrected chi connectivity index (χ0v) is 6.82. The molecular weight excluding hydrogens is 166 g/mol. The second-order valence-corrected chi connectivity index (χ2v) is 2.90. The fourth-order valence-electron chi connectivity index (χ4n) is 1.52. The Morgan fingerprint density at radius 2 is 2.38 bits per heavy atom. The second-order valence-electron chi connectivity index (χ2n) is 2.90. The van der Waals surface area contributed by atoms with Crippen molar-refractivity contribution in [2.24, 2.45) is 4.99 Å². The highest BCUT2D eigenvalue weighted by Crippen LogP contribution is 2.33. The molecule has 64 valence electrons. The summed E-state index contributed by atoms with van der Waals surface area (Å²) in [5.74, 6) is 0. The number of benzene rings is 1. The van der Waals surface area contributed by atoms with Crippen molar-refractivity contribution in [2.45, 2.75) is 0 Å². The number of aromatic nitrogens is 1. The number of fused-ring (bicyclic) bond motifs is 3. The Morgan fingerprint density at radius 1 is 1.38 bits per heavy atom. The van der Waals surface area contributed by atoms with Crippen LogP contribution >= 0.6 is 0 Å². The molecule has 0 radical (unpaired) electrons. The number of nitrogens with one attached hydrogen (secondary N) is 1. The summed E-state index contributed by atoms with van der Waals surface area (Å²) in [7, 11) is 0. The van der Waals surface area contributed by atoms with Gasteiger partial charge in [0.2, 0.25) is 0 Å². The summed E-state index contributed by atoms with van der Waals surface area (Å²) < 4.78 is 4.89. The summed E-state index contributed by atoms with van der Waals surface area (Å²) in [5, 5.41) is 8.10. The summed E-state index contributed by atoms with van der Waals surface area (Å²) in [6.07, 6.45) is 3.49. The highest BCUT2D eigenvalue weighted by atomic mass is 16.5. The molecule has 0 aliphatic carbocycles. The quantitative estimate of drug-likeness (QED) is 0.662. The van der Waals surface area contributed by atoms with Crippen LogP contribution < -0.4 is 5.32 Å². The van der Waals surface area contributed by atoms with Crippen molar-refractivity contribution in [1.82, 2.24) is 5.16 Å². The highest BCUT2D eigenvalue weighted by Gasteiger charge is 2.10. The lowest BCUT2D eigenvalue weighted by Crippen LogP contribution is -2.06. The molecule has 0 saturated carbocycles. The van der Waals surface area contributed by atoms with Gasteiger partial charge in [0.25, 0.3) is 0 Å². The van der Waals surface area contributed by atoms with Crippen LogP contribution in [0.3, 0.4) is 0 Å². The SMILES string of the molecule is C1=Nc2ccc3nocc3c2NC1. The van der Waals surface area contributed by atoms with Gasteiger partial charge in [-0.25, -0.2) is 0 Å². The molecule has 3 rings (SSSR count). The van der Waals surface area contributed by atoms with E-state index in [9.17, 15) is 0 Å². The largest absolute Gasteiger partial charge is 0.378 e. The Bertz CT molecular complexity index is 487. The van der Waals surface area contributed by atoms with Gasteiger partial charge in [-0.1, -0.05) is 5.16 Å². The third kappa shape index (κ3) is 0.853. The molecule has 1 aromatic heterocycles. The fourth-order valence-corrected chi connectivity index (χ4v) is 1.52. The monoisotopic (exact) mass is 173 g/mol. The van der Waals surface area contributed by atoms with Crippen LogP contribution in [0.1, 0.15) is 0 Å². The number of hydrogen-bond acceptors (Lipinski definition) is 4. The summed E-state index contributed by atoms with van der Waals surface area (Å²) in [6.45, 7) is 0.761. The number of hydrogen-bond donors (Lipinski definition) is 1. The Kier molecular flexibility index (Phi) is 1.19. The lowest BCUT2D eigenvalue weighted by atomic mass is 10.2. The zero-order chi connectivity index (χ0) is 8.67. The number of rotatable bonds is 0. The van der Waals surface area contributed by atoms with Crippen LogP contribution in [0.2, 0.25) is 0 Å². The van der Waals surface area contributed by atoms with Crippen LogP contribution in [-0.2, 0) is 0 Å². The van der Waals surface area contributed by atoms with Crippen LogP contribution in [-0.4, -0.2) is 17.9 Å². The van der Waals surface area contributed by atoms with E-state index in [0.717, 1.165) is 28.8 Å². The van der Waals surface area contributed by atoms with Gasteiger partial charge in [0.1, 0.15) is 11.8 Å². The smallest absolute Gasteiger partial charge is 0.133 e. The van der Waals surface area contributed by atoms with Crippen molar-refractivity contribution in [3.63, 3.8) is 0 Å². The summed E-state index contributed by atoms with van der Waals surface area (Å²) in [5.41, 5.74) is 2.83. The average molecular weight is 173 g/mol. The molecule has 0 unspecified atom stereocenters. The molecule has 1 aromatic carbocycles. The maximum absolute atomic E-state index is 4.89. The van der Waals surface area contributed by atoms with E-state index in [1.165, 1.54) is 0 Å². The summed E-state index contributed by atoms with van der Waals surface area (Å²) in [4.78, 5) is 4.27. The predicted molar refractivity (Wildman–Crippen MR) is 50.7 cm³/mol. The Balaban J connectivity index is 2.42. The minimum absolute atomic E-state index is 0.761. The van der Waals surface area contributed by atoms with Crippen LogP contribution in [0.15, 0.2) is 27.9 Å². The third-order valence-corrected chi connectivity index (χ3v) is 2.12. The molecule has 2 heterocycles. The van der Waals surface area contributed by atoms with E-state index in [-0.39, 0.29) is 0 Å². The van der Waals surface area contributed by atoms with Crippen molar-refractivity contribution >= 4 is 28.5 Å². The van der Waals surface area contributed by atoms with Gasteiger partial charge in [-0.3, -0.25) is 4.99 Å². The van der Waals surface area contributed by atoms with Gasteiger partial charge in [-0.05, 0) is 12.1 Å². The minimum Gasteiger partial charge on any atom is -0.378 e. The zero-order valence-electron chi connectivity index (χ0n) is 6.82. The van der Waals surface area contributed by atoms with Gasteiger partial charge in [0, 0.05) is 6.21 Å². The second kappa shape index (κ2) is 2.32. The first-order valence-corrected chi connectivity index (χ1v) is 4.08. The fraction of sp³-hybridized carbons (Fsp3) is 0.111. The number of aliphatic imine (C=N–C) groups is 1. The minimum atomic E-state index is 0.761. The van der Waals surface area contributed by atoms with Crippen LogP contribution in [0.4, 0.5) is 11.4 Å². The molecule has 0 saturated heterocycles. The summed E-state index contributed by atoms with van der Waals surface area (Å²) >= 11 is 0. The first-order chi connectivity index (χ1) is 6.45. The Morgan fingerprint density at radius 3 is 3.38 bits per heavy atom. The van der Waals surface area contributed by atoms with E-state index >= 15 is 0 Å². The topological polar surface area (TPSA) is 50.4 Å². The molecule has 1 aliphatic rings. The van der Waals surface area contributed by atoms with E-state index < -0.39 is 0 Å². The molecule has 0 spiro atoms. The van der Waals surface area contributed by atoms with Crippen molar-refractivity contribution in [3.8, 4) is 0 Å². The normalized spacial score (nSPS) is 14.2. The van der Waals surface area contributed by atoms with Crippen LogP contribution in [0, 0.1) is 0 Å². The van der Waals surface area contributed by atoms with Gasteiger partial charge in [0.05, 0.1) is 23.3 Å². The van der Waals surface area contributed by atoms with Gasteiger partial charge in [-0.2, -0.15) is 0 Å². The third-order valence-electron chi connectivity index (χ3n) is 2.12. The molecule has 1 N–H and O–H groups in total. The van der Waals surface area contributed by atoms with Crippen molar-refractivity contribution < 1.29 is 4.52 Å². The molecule has 0 fully saturated rings. The van der Waals surface area contributed by atoms with Crippen LogP contribution in [0.5, 0.6) is 0 Å². The molecule has 1 aliphatic heterocycles. The Hall–Kier alpha value is -1.84. The van der Waals surface area contributed by atoms with Gasteiger partial charge in [0.15, 0.2) is 0 Å². The van der Waals surface area contributed by atoms with Gasteiger partial charge >= 0.3 is 0 Å². The lowest BCUT2D eigenvalue weighted by Gasteiger charge is -2.11. The Labute approximate surface area is 74.2 Å². The molecule has 13 heavy (non-hydrogen) atoms. The van der Waals surface area contributed by atoms with E-state index in [1.807, 2.05) is 18.3 Å². The standard InChI is InChI=1S/C9H7N3O/c1-2-8-9(11-4-3-10-8)6-5-13-12-7(1)6/h1-3,5,11H,4H2. The highest BCUT2D eigenvalue weighted by molar-refractivity contribution is 5.99. The molecule has 4 heteroatoms. The first-order valence-electron chi connectivity index (χ1n) is 4.08. The van der Waals surface area contributed by atoms with Gasteiger partial charge in [-0.15, -0.1) is 0 Å². The van der Waals surface area contributed by atoms with E-state index in [2.05, 4.69) is 15.5 Å². The average Bonchev–Trinajstić information content (AvgIpc) is 2.65. The predicted octanol–water partition coefficient (Wildman–Crippen LogP) is 1.96. The van der Waals surface area contributed by atoms with Gasteiger partial charge < -0.3 is 9.84 Å². The maximum Gasteiger partial charge on any atom is 0.133 e.